The van der Waals surface area contributed by atoms with Gasteiger partial charge in [-0.1, -0.05) is 13.8 Å². The average molecular weight is 258 g/mol. The van der Waals surface area contributed by atoms with Crippen LogP contribution in [0.1, 0.15) is 24.2 Å². The van der Waals surface area contributed by atoms with Crippen molar-refractivity contribution < 1.29 is 9.21 Å². The minimum absolute atomic E-state index is 0.0463. The highest BCUT2D eigenvalue weighted by Gasteiger charge is 2.38. The summed E-state index contributed by atoms with van der Waals surface area (Å²) in [5, 5.41) is 0. The number of rotatable bonds is 1. The number of hydrogen-bond donors (Lipinski definition) is 0. The highest BCUT2D eigenvalue weighted by Crippen LogP contribution is 2.31. The van der Waals surface area contributed by atoms with Crippen LogP contribution in [0.15, 0.2) is 21.4 Å². The molecule has 0 saturated carbocycles. The fourth-order valence-corrected chi connectivity index (χ4v) is 2.16. The third kappa shape index (κ3) is 1.59. The van der Waals surface area contributed by atoms with Crippen molar-refractivity contribution in [2.45, 2.75) is 13.8 Å². The van der Waals surface area contributed by atoms with Crippen molar-refractivity contribution in [2.24, 2.45) is 5.41 Å². The highest BCUT2D eigenvalue weighted by molar-refractivity contribution is 9.10. The zero-order chi connectivity index (χ0) is 10.3. The molecule has 1 aromatic heterocycles. The number of carbonyl (C=O) groups excluding carboxylic acids is 1. The fraction of sp³-hybridized carbons (Fsp3) is 0.500. The summed E-state index contributed by atoms with van der Waals surface area (Å²) in [4.78, 5) is 13.7. The van der Waals surface area contributed by atoms with E-state index in [0.29, 0.717) is 10.2 Å². The van der Waals surface area contributed by atoms with Crippen LogP contribution < -0.4 is 0 Å². The Morgan fingerprint density at radius 1 is 1.57 bits per heavy atom. The molecule has 0 atom stereocenters. The van der Waals surface area contributed by atoms with Crippen LogP contribution in [0, 0.1) is 5.41 Å². The molecule has 2 heterocycles. The molecular weight excluding hydrogens is 246 g/mol. The molecular formula is C10H12BrNO2. The van der Waals surface area contributed by atoms with Crippen LogP contribution in [-0.2, 0) is 0 Å². The van der Waals surface area contributed by atoms with Gasteiger partial charge in [-0.05, 0) is 27.4 Å². The largest absolute Gasteiger partial charge is 0.457 e. The summed E-state index contributed by atoms with van der Waals surface area (Å²) >= 11 is 3.20. The molecule has 4 heteroatoms. The first-order valence-corrected chi connectivity index (χ1v) is 5.31. The van der Waals surface area contributed by atoms with Gasteiger partial charge in [0, 0.05) is 13.1 Å². The molecule has 3 nitrogen and oxygen atoms in total. The fourth-order valence-electron chi connectivity index (χ4n) is 1.75. The van der Waals surface area contributed by atoms with Crippen molar-refractivity contribution in [1.82, 2.24) is 4.90 Å². The predicted octanol–water partition coefficient (Wildman–Crippen LogP) is 2.52. The van der Waals surface area contributed by atoms with Gasteiger partial charge < -0.3 is 9.32 Å². The Kier molecular flexibility index (Phi) is 2.18. The molecule has 0 bridgehead atoms. The standard InChI is InChI=1S/C10H12BrNO2/c1-10(2)5-12(6-10)9(13)7-3-4-14-8(7)11/h3-4H,5-6H2,1-2H3. The molecule has 0 spiro atoms. The van der Waals surface area contributed by atoms with Crippen molar-refractivity contribution in [1.29, 1.82) is 0 Å². The first-order chi connectivity index (χ1) is 6.49. The van der Waals surface area contributed by atoms with Gasteiger partial charge in [0.05, 0.1) is 11.8 Å². The van der Waals surface area contributed by atoms with Crippen LogP contribution in [0.2, 0.25) is 0 Å². The Morgan fingerprint density at radius 3 is 2.64 bits per heavy atom. The lowest BCUT2D eigenvalue weighted by molar-refractivity contribution is 0.0234. The summed E-state index contributed by atoms with van der Waals surface area (Å²) in [5.74, 6) is 0.0463. The van der Waals surface area contributed by atoms with Crippen molar-refractivity contribution >= 4 is 21.8 Å². The number of hydrogen-bond acceptors (Lipinski definition) is 2. The van der Waals surface area contributed by atoms with E-state index in [9.17, 15) is 4.79 Å². The van der Waals surface area contributed by atoms with Gasteiger partial charge >= 0.3 is 0 Å². The van der Waals surface area contributed by atoms with E-state index in [0.717, 1.165) is 13.1 Å². The highest BCUT2D eigenvalue weighted by atomic mass is 79.9. The van der Waals surface area contributed by atoms with Crippen LogP contribution in [-0.4, -0.2) is 23.9 Å². The van der Waals surface area contributed by atoms with Crippen molar-refractivity contribution in [3.8, 4) is 0 Å². The van der Waals surface area contributed by atoms with Gasteiger partial charge in [0.1, 0.15) is 0 Å². The molecule has 76 valence electrons. The van der Waals surface area contributed by atoms with E-state index < -0.39 is 0 Å². The maximum Gasteiger partial charge on any atom is 0.258 e. The molecule has 1 aliphatic rings. The maximum absolute atomic E-state index is 11.8. The van der Waals surface area contributed by atoms with E-state index in [4.69, 9.17) is 4.42 Å². The quantitative estimate of drug-likeness (QED) is 0.775. The lowest BCUT2D eigenvalue weighted by Gasteiger charge is -2.45. The molecule has 0 N–H and O–H groups in total. The predicted molar refractivity (Wildman–Crippen MR) is 56.1 cm³/mol. The van der Waals surface area contributed by atoms with E-state index in [1.807, 2.05) is 4.90 Å². The van der Waals surface area contributed by atoms with Crippen molar-refractivity contribution in [2.75, 3.05) is 13.1 Å². The van der Waals surface area contributed by atoms with E-state index in [-0.39, 0.29) is 11.3 Å². The molecule has 2 rings (SSSR count). The Balaban J connectivity index is 2.08. The van der Waals surface area contributed by atoms with Gasteiger partial charge in [-0.3, -0.25) is 4.79 Å². The minimum atomic E-state index is 0.0463. The molecule has 1 aromatic rings. The topological polar surface area (TPSA) is 33.5 Å². The molecule has 0 radical (unpaired) electrons. The van der Waals surface area contributed by atoms with Gasteiger partial charge in [0.25, 0.3) is 5.91 Å². The third-order valence-electron chi connectivity index (χ3n) is 2.37. The van der Waals surface area contributed by atoms with Gasteiger partial charge in [-0.15, -0.1) is 0 Å². The molecule has 1 amide bonds. The molecule has 0 aliphatic carbocycles. The Labute approximate surface area is 91.2 Å². The van der Waals surface area contributed by atoms with Crippen LogP contribution in [0.25, 0.3) is 0 Å². The van der Waals surface area contributed by atoms with Gasteiger partial charge in [-0.25, -0.2) is 0 Å². The van der Waals surface area contributed by atoms with Gasteiger partial charge in [0.15, 0.2) is 4.67 Å². The van der Waals surface area contributed by atoms with Crippen LogP contribution >= 0.6 is 15.9 Å². The molecule has 1 aliphatic heterocycles. The maximum atomic E-state index is 11.8. The first kappa shape index (κ1) is 9.77. The van der Waals surface area contributed by atoms with Gasteiger partial charge in [-0.2, -0.15) is 0 Å². The zero-order valence-electron chi connectivity index (χ0n) is 8.21. The van der Waals surface area contributed by atoms with E-state index in [1.165, 1.54) is 6.26 Å². The van der Waals surface area contributed by atoms with Crippen LogP contribution in [0.5, 0.6) is 0 Å². The number of amides is 1. The zero-order valence-corrected chi connectivity index (χ0v) is 9.80. The summed E-state index contributed by atoms with van der Waals surface area (Å²) in [6, 6.07) is 1.69. The third-order valence-corrected chi connectivity index (χ3v) is 2.99. The second-order valence-electron chi connectivity index (χ2n) is 4.43. The van der Waals surface area contributed by atoms with Gasteiger partial charge in [0.2, 0.25) is 0 Å². The lowest BCUT2D eigenvalue weighted by atomic mass is 9.84. The van der Waals surface area contributed by atoms with Crippen LogP contribution in [0.3, 0.4) is 0 Å². The number of furan rings is 1. The van der Waals surface area contributed by atoms with E-state index >= 15 is 0 Å². The summed E-state index contributed by atoms with van der Waals surface area (Å²) in [5.41, 5.74) is 0.881. The molecule has 1 fully saturated rings. The molecule has 0 unspecified atom stereocenters. The summed E-state index contributed by atoms with van der Waals surface area (Å²) in [6.07, 6.45) is 1.52. The average Bonchev–Trinajstić information content (AvgIpc) is 2.45. The van der Waals surface area contributed by atoms with E-state index in [1.54, 1.807) is 6.07 Å². The van der Waals surface area contributed by atoms with E-state index in [2.05, 4.69) is 29.8 Å². The number of halogens is 1. The normalized spacial score (nSPS) is 19.2. The Morgan fingerprint density at radius 2 is 2.21 bits per heavy atom. The second kappa shape index (κ2) is 3.12. The summed E-state index contributed by atoms with van der Waals surface area (Å²) in [7, 11) is 0. The molecule has 1 saturated heterocycles. The van der Waals surface area contributed by atoms with Crippen molar-refractivity contribution in [3.05, 3.63) is 22.6 Å². The minimum Gasteiger partial charge on any atom is -0.457 e. The molecule has 0 aromatic carbocycles. The SMILES string of the molecule is CC1(C)CN(C(=O)c2ccoc2Br)C1. The van der Waals surface area contributed by atoms with Crippen LogP contribution in [0.4, 0.5) is 0 Å². The smallest absolute Gasteiger partial charge is 0.258 e. The lowest BCUT2D eigenvalue weighted by Crippen LogP contribution is -2.55. The number of nitrogens with zero attached hydrogens (tertiary/aromatic N) is 1. The Bertz CT molecular complexity index is 362. The summed E-state index contributed by atoms with van der Waals surface area (Å²) < 4.78 is 5.55. The summed E-state index contributed by atoms with van der Waals surface area (Å²) in [6.45, 7) is 5.95. The Hall–Kier alpha value is -0.770. The first-order valence-electron chi connectivity index (χ1n) is 4.52. The second-order valence-corrected chi connectivity index (χ2v) is 5.15. The molecule has 14 heavy (non-hydrogen) atoms. The van der Waals surface area contributed by atoms with Crippen molar-refractivity contribution in [3.63, 3.8) is 0 Å². The number of carbonyl (C=O) groups is 1. The monoisotopic (exact) mass is 257 g/mol. The number of likely N-dealkylation sites (tertiary alicyclic amines) is 1.